The van der Waals surface area contributed by atoms with Crippen molar-refractivity contribution < 1.29 is 26.4 Å². The van der Waals surface area contributed by atoms with Crippen molar-refractivity contribution in [1.82, 2.24) is 10.2 Å². The van der Waals surface area contributed by atoms with Gasteiger partial charge >= 0.3 is 11.8 Å². The van der Waals surface area contributed by atoms with Crippen molar-refractivity contribution >= 4 is 31.7 Å². The Morgan fingerprint density at radius 1 is 1.27 bits per heavy atom. The number of benzene rings is 1. The maximum atomic E-state index is 12.3. The Morgan fingerprint density at radius 3 is 2.35 bits per heavy atom. The zero-order valence-electron chi connectivity index (χ0n) is 14.2. The Bertz CT molecular complexity index is 894. The van der Waals surface area contributed by atoms with Gasteiger partial charge in [0.05, 0.1) is 16.4 Å². The van der Waals surface area contributed by atoms with Crippen LogP contribution in [0.4, 0.5) is 0 Å². The summed E-state index contributed by atoms with van der Waals surface area (Å²) in [7, 11) is -6.96. The van der Waals surface area contributed by atoms with Crippen molar-refractivity contribution in [3.8, 4) is 0 Å². The number of primary sulfonamides is 1. The monoisotopic (exact) mass is 403 g/mol. The van der Waals surface area contributed by atoms with Crippen molar-refractivity contribution in [2.75, 3.05) is 18.1 Å². The van der Waals surface area contributed by atoms with E-state index in [1.165, 1.54) is 29.2 Å². The fraction of sp³-hybridized carbons (Fsp3) is 0.467. The Kier molecular flexibility index (Phi) is 6.04. The first-order valence-electron chi connectivity index (χ1n) is 7.94. The van der Waals surface area contributed by atoms with Crippen molar-refractivity contribution in [3.05, 3.63) is 29.8 Å². The molecular formula is C15H21N3O6S2. The van der Waals surface area contributed by atoms with Gasteiger partial charge in [-0.2, -0.15) is 0 Å². The number of hydrogen-bond donors (Lipinski definition) is 2. The Morgan fingerprint density at radius 2 is 1.88 bits per heavy atom. The molecule has 9 nitrogen and oxygen atoms in total. The second kappa shape index (κ2) is 7.72. The van der Waals surface area contributed by atoms with Gasteiger partial charge in [-0.15, -0.1) is 0 Å². The zero-order chi connectivity index (χ0) is 19.5. The second-order valence-corrected chi connectivity index (χ2v) is 9.81. The summed E-state index contributed by atoms with van der Waals surface area (Å²) in [5.74, 6) is -1.74. The molecule has 0 aliphatic carbocycles. The van der Waals surface area contributed by atoms with Crippen molar-refractivity contribution in [2.45, 2.75) is 30.8 Å². The first-order chi connectivity index (χ1) is 12.0. The van der Waals surface area contributed by atoms with Gasteiger partial charge < -0.3 is 10.2 Å². The van der Waals surface area contributed by atoms with Crippen LogP contribution in [0.15, 0.2) is 29.2 Å². The molecule has 1 saturated heterocycles. The van der Waals surface area contributed by atoms with E-state index >= 15 is 0 Å². The number of likely N-dealkylation sites (N-methyl/N-ethyl adjacent to an activating group) is 1. The minimum Gasteiger partial charge on any atom is -0.344 e. The van der Waals surface area contributed by atoms with Crippen LogP contribution in [0.25, 0.3) is 0 Å². The number of sulfonamides is 1. The Labute approximate surface area is 152 Å². The number of sulfone groups is 1. The summed E-state index contributed by atoms with van der Waals surface area (Å²) in [4.78, 5) is 25.6. The van der Waals surface area contributed by atoms with E-state index in [4.69, 9.17) is 5.14 Å². The van der Waals surface area contributed by atoms with E-state index in [0.717, 1.165) is 0 Å². The topological polar surface area (TPSA) is 144 Å². The molecule has 1 atom stereocenters. The highest BCUT2D eigenvalue weighted by Gasteiger charge is 2.35. The zero-order valence-corrected chi connectivity index (χ0v) is 15.8. The summed E-state index contributed by atoms with van der Waals surface area (Å²) < 4.78 is 45.5. The maximum Gasteiger partial charge on any atom is 0.312 e. The number of nitrogens with two attached hydrogens (primary N) is 1. The third-order valence-corrected chi connectivity index (χ3v) is 6.83. The van der Waals surface area contributed by atoms with Crippen LogP contribution in [0.3, 0.4) is 0 Å². The SMILES string of the molecule is CCN(C(=O)C(=O)NCc1ccc(S(N)(=O)=O)cc1)C1CCS(=O)(=O)C1. The molecule has 1 aromatic carbocycles. The predicted octanol–water partition coefficient (Wildman–Crippen LogP) is -1.01. The Balaban J connectivity index is 1.97. The highest BCUT2D eigenvalue weighted by atomic mass is 32.2. The summed E-state index contributed by atoms with van der Waals surface area (Å²) in [5, 5.41) is 7.46. The molecule has 1 aromatic rings. The highest BCUT2D eigenvalue weighted by molar-refractivity contribution is 7.91. The largest absolute Gasteiger partial charge is 0.344 e. The first-order valence-corrected chi connectivity index (χ1v) is 11.3. The van der Waals surface area contributed by atoms with Crippen LogP contribution in [-0.4, -0.2) is 57.6 Å². The maximum absolute atomic E-state index is 12.3. The summed E-state index contributed by atoms with van der Waals surface area (Å²) >= 11 is 0. The van der Waals surface area contributed by atoms with Crippen molar-refractivity contribution in [1.29, 1.82) is 0 Å². The first kappa shape index (κ1) is 20.3. The fourth-order valence-electron chi connectivity index (χ4n) is 2.77. The lowest BCUT2D eigenvalue weighted by Crippen LogP contribution is -2.48. The van der Waals surface area contributed by atoms with E-state index in [1.54, 1.807) is 6.92 Å². The molecule has 0 saturated carbocycles. The molecule has 2 amide bonds. The third-order valence-electron chi connectivity index (χ3n) is 4.15. The van der Waals surface area contributed by atoms with Crippen LogP contribution in [0, 0.1) is 0 Å². The molecule has 11 heteroatoms. The molecule has 144 valence electrons. The molecule has 0 radical (unpaired) electrons. The molecule has 26 heavy (non-hydrogen) atoms. The quantitative estimate of drug-likeness (QED) is 0.603. The van der Waals surface area contributed by atoms with Crippen LogP contribution in [0.5, 0.6) is 0 Å². The van der Waals surface area contributed by atoms with Gasteiger partial charge in [-0.3, -0.25) is 9.59 Å². The van der Waals surface area contributed by atoms with E-state index in [1.807, 2.05) is 0 Å². The van der Waals surface area contributed by atoms with Crippen molar-refractivity contribution in [2.24, 2.45) is 5.14 Å². The fourth-order valence-corrected chi connectivity index (χ4v) is 5.02. The molecule has 1 aliphatic heterocycles. The van der Waals surface area contributed by atoms with Gasteiger partial charge in [-0.25, -0.2) is 22.0 Å². The van der Waals surface area contributed by atoms with E-state index in [0.29, 0.717) is 12.0 Å². The lowest BCUT2D eigenvalue weighted by molar-refractivity contribution is -0.147. The molecule has 1 unspecified atom stereocenters. The van der Waals surface area contributed by atoms with E-state index in [-0.39, 0.29) is 29.5 Å². The minimum atomic E-state index is -3.80. The molecule has 1 heterocycles. The van der Waals surface area contributed by atoms with Gasteiger partial charge in [0.2, 0.25) is 10.0 Å². The second-order valence-electron chi connectivity index (χ2n) is 6.02. The molecule has 0 aromatic heterocycles. The van der Waals surface area contributed by atoms with Crippen LogP contribution in [0.1, 0.15) is 18.9 Å². The predicted molar refractivity (Wildman–Crippen MR) is 94.1 cm³/mol. The van der Waals surface area contributed by atoms with Crippen LogP contribution in [0.2, 0.25) is 0 Å². The van der Waals surface area contributed by atoms with Gasteiger partial charge in [0, 0.05) is 19.1 Å². The summed E-state index contributed by atoms with van der Waals surface area (Å²) in [5.41, 5.74) is 0.588. The lowest BCUT2D eigenvalue weighted by Gasteiger charge is -2.26. The van der Waals surface area contributed by atoms with Crippen LogP contribution >= 0.6 is 0 Å². The summed E-state index contributed by atoms with van der Waals surface area (Å²) in [6.07, 6.45) is 0.324. The summed E-state index contributed by atoms with van der Waals surface area (Å²) in [6, 6.07) is 5.08. The molecule has 0 spiro atoms. The third kappa shape index (κ3) is 5.02. The molecular weight excluding hydrogens is 382 g/mol. The molecule has 2 rings (SSSR count). The Hall–Kier alpha value is -1.98. The number of nitrogens with zero attached hydrogens (tertiary/aromatic N) is 1. The standard InChI is InChI=1S/C15H21N3O6S2/c1-2-18(12-7-8-25(21,22)10-12)15(20)14(19)17-9-11-3-5-13(6-4-11)26(16,23)24/h3-6,12H,2,7-10H2,1H3,(H,17,19)(H2,16,23,24). The summed E-state index contributed by atoms with van der Waals surface area (Å²) in [6.45, 7) is 1.94. The average molecular weight is 403 g/mol. The normalized spacial score (nSPS) is 19.1. The van der Waals surface area contributed by atoms with Crippen molar-refractivity contribution in [3.63, 3.8) is 0 Å². The number of rotatable bonds is 5. The van der Waals surface area contributed by atoms with Crippen LogP contribution in [-0.2, 0) is 36.0 Å². The van der Waals surface area contributed by atoms with E-state index in [2.05, 4.69) is 5.32 Å². The number of amides is 2. The molecule has 0 bridgehead atoms. The number of nitrogens with one attached hydrogen (secondary N) is 1. The van der Waals surface area contributed by atoms with Gasteiger partial charge in [-0.05, 0) is 31.0 Å². The number of carbonyl (C=O) groups excluding carboxylic acids is 2. The van der Waals surface area contributed by atoms with Crippen LogP contribution < -0.4 is 10.5 Å². The lowest BCUT2D eigenvalue weighted by atomic mass is 10.2. The highest BCUT2D eigenvalue weighted by Crippen LogP contribution is 2.18. The van der Waals surface area contributed by atoms with Gasteiger partial charge in [-0.1, -0.05) is 12.1 Å². The number of hydrogen-bond acceptors (Lipinski definition) is 6. The van der Waals surface area contributed by atoms with Gasteiger partial charge in [0.15, 0.2) is 9.84 Å². The average Bonchev–Trinajstić information content (AvgIpc) is 2.92. The van der Waals surface area contributed by atoms with E-state index < -0.39 is 37.7 Å². The van der Waals surface area contributed by atoms with Gasteiger partial charge in [0.1, 0.15) is 0 Å². The van der Waals surface area contributed by atoms with Gasteiger partial charge in [0.25, 0.3) is 0 Å². The van der Waals surface area contributed by atoms with E-state index in [9.17, 15) is 26.4 Å². The molecule has 3 N–H and O–H groups in total. The molecule has 1 aliphatic rings. The number of carbonyl (C=O) groups is 2. The molecule has 1 fully saturated rings. The minimum absolute atomic E-state index is 0.0134. The smallest absolute Gasteiger partial charge is 0.312 e.